The summed E-state index contributed by atoms with van der Waals surface area (Å²) in [4.78, 5) is 2.50. The van der Waals surface area contributed by atoms with Crippen molar-refractivity contribution in [2.75, 3.05) is 19.7 Å². The molecule has 1 rings (SSSR count). The molecule has 0 aromatic heterocycles. The van der Waals surface area contributed by atoms with Gasteiger partial charge in [-0.15, -0.1) is 0 Å². The minimum atomic E-state index is 0.136. The Morgan fingerprint density at radius 1 is 1.33 bits per heavy atom. The largest absolute Gasteiger partial charge is 0.396 e. The van der Waals surface area contributed by atoms with E-state index in [9.17, 15) is 0 Å². The van der Waals surface area contributed by atoms with Crippen LogP contribution in [0.5, 0.6) is 0 Å². The molecule has 1 aliphatic carbocycles. The summed E-state index contributed by atoms with van der Waals surface area (Å²) >= 11 is 0. The van der Waals surface area contributed by atoms with E-state index in [1.54, 1.807) is 0 Å². The number of hydrogen-bond acceptors (Lipinski definition) is 3. The molecule has 3 N–H and O–H groups in total. The Bertz CT molecular complexity index is 158. The molecule has 15 heavy (non-hydrogen) atoms. The molecule has 0 aromatic rings. The second kappa shape index (κ2) is 7.20. The lowest BCUT2D eigenvalue weighted by atomic mass is 9.94. The Balaban J connectivity index is 2.32. The van der Waals surface area contributed by atoms with Crippen molar-refractivity contribution in [2.24, 2.45) is 5.73 Å². The summed E-state index contributed by atoms with van der Waals surface area (Å²) in [7, 11) is 0. The van der Waals surface area contributed by atoms with Crippen LogP contribution in [-0.4, -0.2) is 41.8 Å². The van der Waals surface area contributed by atoms with E-state index in [1.165, 1.54) is 32.1 Å². The molecule has 0 heterocycles. The highest BCUT2D eigenvalue weighted by atomic mass is 16.3. The van der Waals surface area contributed by atoms with Crippen LogP contribution in [0.4, 0.5) is 0 Å². The zero-order valence-electron chi connectivity index (χ0n) is 9.99. The molecule has 0 saturated heterocycles. The van der Waals surface area contributed by atoms with Crippen LogP contribution in [0.1, 0.15) is 45.4 Å². The minimum absolute atomic E-state index is 0.136. The zero-order chi connectivity index (χ0) is 11.1. The summed E-state index contributed by atoms with van der Waals surface area (Å²) in [5, 5.41) is 8.83. The first kappa shape index (κ1) is 12.9. The van der Waals surface area contributed by atoms with Gasteiger partial charge in [0.1, 0.15) is 0 Å². The molecule has 1 atom stereocenters. The van der Waals surface area contributed by atoms with Gasteiger partial charge < -0.3 is 10.8 Å². The monoisotopic (exact) mass is 214 g/mol. The fraction of sp³-hybridized carbons (Fsp3) is 1.00. The zero-order valence-corrected chi connectivity index (χ0v) is 9.99. The van der Waals surface area contributed by atoms with Crippen molar-refractivity contribution < 1.29 is 5.11 Å². The van der Waals surface area contributed by atoms with Gasteiger partial charge in [0.15, 0.2) is 0 Å². The second-order valence-electron chi connectivity index (χ2n) is 4.65. The second-order valence-corrected chi connectivity index (χ2v) is 4.65. The lowest BCUT2D eigenvalue weighted by molar-refractivity contribution is 0.147. The summed E-state index contributed by atoms with van der Waals surface area (Å²) in [5.41, 5.74) is 5.97. The van der Waals surface area contributed by atoms with E-state index in [1.807, 2.05) is 0 Å². The summed E-state index contributed by atoms with van der Waals surface area (Å²) in [6, 6.07) is 0.880. The highest BCUT2D eigenvalue weighted by Gasteiger charge is 2.21. The topological polar surface area (TPSA) is 49.5 Å². The molecule has 0 radical (unpaired) electrons. The van der Waals surface area contributed by atoms with Crippen LogP contribution < -0.4 is 5.73 Å². The van der Waals surface area contributed by atoms with Gasteiger partial charge in [-0.2, -0.15) is 0 Å². The van der Waals surface area contributed by atoms with Crippen LogP contribution in [0.2, 0.25) is 0 Å². The number of aliphatic hydroxyl groups is 1. The van der Waals surface area contributed by atoms with Gasteiger partial charge in [-0.3, -0.25) is 4.90 Å². The van der Waals surface area contributed by atoms with E-state index in [0.29, 0.717) is 0 Å². The maximum Gasteiger partial charge on any atom is 0.0446 e. The predicted octanol–water partition coefficient (Wildman–Crippen LogP) is 1.35. The van der Waals surface area contributed by atoms with Crippen molar-refractivity contribution in [3.8, 4) is 0 Å². The third-order valence-corrected chi connectivity index (χ3v) is 3.47. The first-order valence-electron chi connectivity index (χ1n) is 6.38. The van der Waals surface area contributed by atoms with Crippen molar-refractivity contribution in [2.45, 2.75) is 57.5 Å². The van der Waals surface area contributed by atoms with E-state index in [2.05, 4.69) is 11.8 Å². The van der Waals surface area contributed by atoms with Crippen LogP contribution in [-0.2, 0) is 0 Å². The average Bonchev–Trinajstić information content (AvgIpc) is 2.27. The number of aliphatic hydroxyl groups excluding tert-OH is 1. The maximum atomic E-state index is 8.83. The van der Waals surface area contributed by atoms with Gasteiger partial charge in [0.05, 0.1) is 0 Å². The van der Waals surface area contributed by atoms with Gasteiger partial charge in [-0.1, -0.05) is 26.2 Å². The number of nitrogens with two attached hydrogens (primary N) is 1. The number of nitrogens with zero attached hydrogens (tertiary/aromatic N) is 1. The van der Waals surface area contributed by atoms with E-state index in [0.717, 1.165) is 25.6 Å². The van der Waals surface area contributed by atoms with Gasteiger partial charge in [0, 0.05) is 25.2 Å². The molecule has 1 aliphatic rings. The normalized spacial score (nSPS) is 20.8. The smallest absolute Gasteiger partial charge is 0.0446 e. The van der Waals surface area contributed by atoms with Crippen LogP contribution in [0.3, 0.4) is 0 Å². The quantitative estimate of drug-likeness (QED) is 0.702. The summed E-state index contributed by atoms with van der Waals surface area (Å²) in [6.45, 7) is 4.45. The number of hydrogen-bond donors (Lipinski definition) is 2. The first-order valence-corrected chi connectivity index (χ1v) is 6.38. The Morgan fingerprint density at radius 3 is 2.53 bits per heavy atom. The average molecular weight is 214 g/mol. The lowest BCUT2D eigenvalue weighted by Gasteiger charge is -2.35. The Hall–Kier alpha value is -0.120. The first-order chi connectivity index (χ1) is 7.27. The van der Waals surface area contributed by atoms with Gasteiger partial charge in [-0.25, -0.2) is 0 Å². The molecule has 90 valence electrons. The Morgan fingerprint density at radius 2 is 2.00 bits per heavy atom. The van der Waals surface area contributed by atoms with E-state index in [4.69, 9.17) is 10.8 Å². The standard InChI is InChI=1S/C12H26N2O/c1-2-14(10-11(13)8-9-15)12-6-4-3-5-7-12/h11-12,15H,2-10,13H2,1H3. The van der Waals surface area contributed by atoms with Crippen LogP contribution in [0.25, 0.3) is 0 Å². The molecule has 3 nitrogen and oxygen atoms in total. The highest BCUT2D eigenvalue weighted by Crippen LogP contribution is 2.22. The van der Waals surface area contributed by atoms with Crippen molar-refractivity contribution in [3.63, 3.8) is 0 Å². The van der Waals surface area contributed by atoms with Gasteiger partial charge in [-0.05, 0) is 25.8 Å². The SMILES string of the molecule is CCN(CC(N)CCO)C1CCCCC1. The van der Waals surface area contributed by atoms with Gasteiger partial charge in [0.2, 0.25) is 0 Å². The molecule has 0 aliphatic heterocycles. The fourth-order valence-electron chi connectivity index (χ4n) is 2.54. The molecular formula is C12H26N2O. The van der Waals surface area contributed by atoms with Crippen molar-refractivity contribution >= 4 is 0 Å². The number of likely N-dealkylation sites (N-methyl/N-ethyl adjacent to an activating group) is 1. The van der Waals surface area contributed by atoms with Crippen molar-refractivity contribution in [3.05, 3.63) is 0 Å². The lowest BCUT2D eigenvalue weighted by Crippen LogP contribution is -2.44. The van der Waals surface area contributed by atoms with Crippen LogP contribution in [0.15, 0.2) is 0 Å². The fourth-order valence-corrected chi connectivity index (χ4v) is 2.54. The van der Waals surface area contributed by atoms with Crippen molar-refractivity contribution in [1.82, 2.24) is 4.90 Å². The molecule has 0 aromatic carbocycles. The summed E-state index contributed by atoms with van der Waals surface area (Å²) < 4.78 is 0. The molecule has 1 unspecified atom stereocenters. The van der Waals surface area contributed by atoms with Crippen molar-refractivity contribution in [1.29, 1.82) is 0 Å². The minimum Gasteiger partial charge on any atom is -0.396 e. The van der Waals surface area contributed by atoms with Gasteiger partial charge >= 0.3 is 0 Å². The molecule has 1 saturated carbocycles. The molecule has 0 bridgehead atoms. The Labute approximate surface area is 93.6 Å². The van der Waals surface area contributed by atoms with E-state index < -0.39 is 0 Å². The van der Waals surface area contributed by atoms with E-state index >= 15 is 0 Å². The molecular weight excluding hydrogens is 188 g/mol. The molecule has 1 fully saturated rings. The highest BCUT2D eigenvalue weighted by molar-refractivity contribution is 4.78. The van der Waals surface area contributed by atoms with Crippen LogP contribution >= 0.6 is 0 Å². The molecule has 0 spiro atoms. The van der Waals surface area contributed by atoms with E-state index in [-0.39, 0.29) is 12.6 Å². The molecule has 0 amide bonds. The van der Waals surface area contributed by atoms with Gasteiger partial charge in [0.25, 0.3) is 0 Å². The Kier molecular flexibility index (Phi) is 6.22. The predicted molar refractivity (Wildman–Crippen MR) is 63.8 cm³/mol. The molecule has 3 heteroatoms. The summed E-state index contributed by atoms with van der Waals surface area (Å²) in [5.74, 6) is 0. The summed E-state index contributed by atoms with van der Waals surface area (Å²) in [6.07, 6.45) is 7.53. The van der Waals surface area contributed by atoms with Crippen LogP contribution in [0, 0.1) is 0 Å². The number of rotatable bonds is 6. The third kappa shape index (κ3) is 4.49. The maximum absolute atomic E-state index is 8.83. The third-order valence-electron chi connectivity index (χ3n) is 3.47.